The van der Waals surface area contributed by atoms with Crippen LogP contribution in [-0.4, -0.2) is 46.2 Å². The Balaban J connectivity index is 1.18. The predicted molar refractivity (Wildman–Crippen MR) is 126 cm³/mol. The molecule has 0 atom stereocenters. The summed E-state index contributed by atoms with van der Waals surface area (Å²) in [6.45, 7) is 2.59. The largest absolute Gasteiger partial charge is 0.497 e. The van der Waals surface area contributed by atoms with Crippen LogP contribution in [0, 0.1) is 5.82 Å². The Bertz CT molecular complexity index is 1260. The van der Waals surface area contributed by atoms with Crippen molar-refractivity contribution in [3.63, 3.8) is 0 Å². The van der Waals surface area contributed by atoms with Crippen molar-refractivity contribution in [2.75, 3.05) is 25.5 Å². The van der Waals surface area contributed by atoms with Crippen LogP contribution in [0.5, 0.6) is 5.75 Å². The number of aromatic amines is 1. The van der Waals surface area contributed by atoms with Gasteiger partial charge in [-0.15, -0.1) is 10.2 Å². The minimum absolute atomic E-state index is 0.303. The lowest BCUT2D eigenvalue weighted by Crippen LogP contribution is -2.32. The van der Waals surface area contributed by atoms with Gasteiger partial charge in [-0.25, -0.2) is 4.39 Å². The molecule has 0 unspecified atom stereocenters. The van der Waals surface area contributed by atoms with Gasteiger partial charge in [-0.05, 0) is 79.9 Å². The van der Waals surface area contributed by atoms with Gasteiger partial charge in [0.2, 0.25) is 5.01 Å². The maximum atomic E-state index is 13.0. The number of H-pyrrole nitrogens is 1. The lowest BCUT2D eigenvalue weighted by atomic mass is 9.89. The van der Waals surface area contributed by atoms with E-state index in [-0.39, 0.29) is 11.7 Å². The molecule has 4 aromatic rings. The minimum Gasteiger partial charge on any atom is -0.497 e. The summed E-state index contributed by atoms with van der Waals surface area (Å²) in [5, 5.41) is 13.3. The Morgan fingerprint density at radius 1 is 1.21 bits per heavy atom. The van der Waals surface area contributed by atoms with E-state index in [2.05, 4.69) is 43.7 Å². The number of carbonyl (C=O) groups is 1. The second-order valence-electron chi connectivity index (χ2n) is 8.17. The summed E-state index contributed by atoms with van der Waals surface area (Å²) in [4.78, 5) is 18.1. The van der Waals surface area contributed by atoms with E-state index in [0.29, 0.717) is 23.2 Å². The first-order valence-corrected chi connectivity index (χ1v) is 11.7. The fourth-order valence-electron chi connectivity index (χ4n) is 4.31. The van der Waals surface area contributed by atoms with Crippen LogP contribution in [0.15, 0.2) is 48.7 Å². The molecular weight excluding hydrogens is 441 g/mol. The molecular formula is C24H24FN5O2S. The zero-order valence-electron chi connectivity index (χ0n) is 18.2. The first-order chi connectivity index (χ1) is 16.1. The summed E-state index contributed by atoms with van der Waals surface area (Å²) in [6.07, 6.45) is 4.24. The molecule has 2 N–H and O–H groups in total. The Labute approximate surface area is 194 Å². The number of piperidine rings is 1. The number of rotatable bonds is 6. The SMILES string of the molecule is COc1ccc2[nH]cc(C3CCN(Cc4nnc(C(=O)Nc5ccc(F)cc5)s4)CC3)c2c1. The van der Waals surface area contributed by atoms with Gasteiger partial charge in [-0.2, -0.15) is 0 Å². The predicted octanol–water partition coefficient (Wildman–Crippen LogP) is 4.80. The number of ether oxygens (including phenoxy) is 1. The molecule has 170 valence electrons. The number of amides is 1. The topological polar surface area (TPSA) is 83.1 Å². The number of hydrogen-bond donors (Lipinski definition) is 2. The number of hydrogen-bond acceptors (Lipinski definition) is 6. The third-order valence-electron chi connectivity index (χ3n) is 6.07. The number of halogens is 1. The van der Waals surface area contributed by atoms with Gasteiger partial charge in [-0.3, -0.25) is 9.69 Å². The molecule has 1 amide bonds. The molecule has 2 aromatic carbocycles. The van der Waals surface area contributed by atoms with E-state index in [4.69, 9.17) is 4.74 Å². The second-order valence-corrected chi connectivity index (χ2v) is 9.23. The monoisotopic (exact) mass is 465 g/mol. The number of likely N-dealkylation sites (tertiary alicyclic amines) is 1. The smallest absolute Gasteiger partial charge is 0.286 e. The summed E-state index contributed by atoms with van der Waals surface area (Å²) < 4.78 is 18.4. The molecule has 1 aliphatic rings. The van der Waals surface area contributed by atoms with Gasteiger partial charge in [0.1, 0.15) is 16.6 Å². The van der Waals surface area contributed by atoms with Crippen LogP contribution in [0.3, 0.4) is 0 Å². The number of nitrogens with one attached hydrogen (secondary N) is 2. The molecule has 1 aliphatic heterocycles. The Kier molecular flexibility index (Phi) is 6.06. The standard InChI is InChI=1S/C24H24FN5O2S/c1-32-18-6-7-21-19(12-18)20(13-26-21)15-8-10-30(11-9-15)14-22-28-29-24(33-22)23(31)27-17-4-2-16(25)3-5-17/h2-7,12-13,15,26H,8-11,14H2,1H3,(H,27,31). The Morgan fingerprint density at radius 2 is 2.00 bits per heavy atom. The zero-order valence-corrected chi connectivity index (χ0v) is 19.0. The summed E-state index contributed by atoms with van der Waals surface area (Å²) in [7, 11) is 1.69. The second kappa shape index (κ2) is 9.29. The van der Waals surface area contributed by atoms with Gasteiger partial charge in [0.15, 0.2) is 0 Å². The molecule has 1 fully saturated rings. The van der Waals surface area contributed by atoms with E-state index in [0.717, 1.165) is 42.2 Å². The van der Waals surface area contributed by atoms with Gasteiger partial charge in [0.25, 0.3) is 5.91 Å². The Morgan fingerprint density at radius 3 is 2.76 bits per heavy atom. The van der Waals surface area contributed by atoms with Crippen LogP contribution in [0.4, 0.5) is 10.1 Å². The molecule has 2 aromatic heterocycles. The number of fused-ring (bicyclic) bond motifs is 1. The molecule has 0 saturated carbocycles. The highest BCUT2D eigenvalue weighted by Gasteiger charge is 2.24. The average Bonchev–Trinajstić information content (AvgIpc) is 3.48. The molecule has 0 aliphatic carbocycles. The van der Waals surface area contributed by atoms with Gasteiger partial charge in [0, 0.05) is 22.8 Å². The maximum absolute atomic E-state index is 13.0. The van der Waals surface area contributed by atoms with Crippen molar-refractivity contribution in [3.8, 4) is 5.75 Å². The fourth-order valence-corrected chi connectivity index (χ4v) is 5.08. The van der Waals surface area contributed by atoms with Crippen molar-refractivity contribution in [2.24, 2.45) is 0 Å². The lowest BCUT2D eigenvalue weighted by molar-refractivity contribution is 0.102. The van der Waals surface area contributed by atoms with E-state index in [1.165, 1.54) is 46.6 Å². The van der Waals surface area contributed by atoms with E-state index < -0.39 is 0 Å². The normalized spacial score (nSPS) is 15.1. The molecule has 7 nitrogen and oxygen atoms in total. The van der Waals surface area contributed by atoms with E-state index in [9.17, 15) is 9.18 Å². The van der Waals surface area contributed by atoms with Crippen LogP contribution in [0.25, 0.3) is 10.9 Å². The zero-order chi connectivity index (χ0) is 22.8. The molecule has 9 heteroatoms. The van der Waals surface area contributed by atoms with Gasteiger partial charge in [0.05, 0.1) is 13.7 Å². The highest BCUT2D eigenvalue weighted by Crippen LogP contribution is 2.35. The molecule has 3 heterocycles. The van der Waals surface area contributed by atoms with E-state index >= 15 is 0 Å². The molecule has 0 spiro atoms. The third kappa shape index (κ3) is 4.74. The third-order valence-corrected chi connectivity index (χ3v) is 6.98. The first kappa shape index (κ1) is 21.5. The number of methoxy groups -OCH3 is 1. The van der Waals surface area contributed by atoms with Gasteiger partial charge < -0.3 is 15.0 Å². The maximum Gasteiger partial charge on any atom is 0.286 e. The van der Waals surface area contributed by atoms with Crippen molar-refractivity contribution >= 4 is 33.8 Å². The summed E-state index contributed by atoms with van der Waals surface area (Å²) >= 11 is 1.29. The molecule has 5 rings (SSSR count). The summed E-state index contributed by atoms with van der Waals surface area (Å²) in [5.74, 6) is 0.683. The number of anilines is 1. The molecule has 0 bridgehead atoms. The van der Waals surface area contributed by atoms with Crippen molar-refractivity contribution in [3.05, 3.63) is 70.1 Å². The fraction of sp³-hybridized carbons (Fsp3) is 0.292. The van der Waals surface area contributed by atoms with E-state index in [1.807, 2.05) is 6.07 Å². The average molecular weight is 466 g/mol. The number of benzene rings is 2. The number of aromatic nitrogens is 3. The van der Waals surface area contributed by atoms with Crippen LogP contribution in [0.2, 0.25) is 0 Å². The van der Waals surface area contributed by atoms with Gasteiger partial charge in [-0.1, -0.05) is 11.3 Å². The van der Waals surface area contributed by atoms with Crippen molar-refractivity contribution < 1.29 is 13.9 Å². The molecule has 33 heavy (non-hydrogen) atoms. The first-order valence-electron chi connectivity index (χ1n) is 10.9. The van der Waals surface area contributed by atoms with Gasteiger partial charge >= 0.3 is 0 Å². The molecule has 0 radical (unpaired) electrons. The summed E-state index contributed by atoms with van der Waals surface area (Å²) in [6, 6.07) is 11.8. The summed E-state index contributed by atoms with van der Waals surface area (Å²) in [5.41, 5.74) is 3.00. The van der Waals surface area contributed by atoms with Crippen molar-refractivity contribution in [1.29, 1.82) is 0 Å². The number of carbonyl (C=O) groups excluding carboxylic acids is 1. The van der Waals surface area contributed by atoms with Crippen LogP contribution < -0.4 is 10.1 Å². The highest BCUT2D eigenvalue weighted by molar-refractivity contribution is 7.13. The van der Waals surface area contributed by atoms with Crippen molar-refractivity contribution in [1.82, 2.24) is 20.1 Å². The lowest BCUT2D eigenvalue weighted by Gasteiger charge is -2.31. The quantitative estimate of drug-likeness (QED) is 0.427. The minimum atomic E-state index is -0.348. The molecule has 1 saturated heterocycles. The highest BCUT2D eigenvalue weighted by atomic mass is 32.1. The van der Waals surface area contributed by atoms with E-state index in [1.54, 1.807) is 7.11 Å². The van der Waals surface area contributed by atoms with Crippen molar-refractivity contribution in [2.45, 2.75) is 25.3 Å². The van der Waals surface area contributed by atoms with Crippen LogP contribution in [-0.2, 0) is 6.54 Å². The van der Waals surface area contributed by atoms with Crippen LogP contribution >= 0.6 is 11.3 Å². The number of nitrogens with zero attached hydrogens (tertiary/aromatic N) is 3. The Hall–Kier alpha value is -3.30. The van der Waals surface area contributed by atoms with Crippen LogP contribution in [0.1, 0.15) is 39.1 Å².